The Morgan fingerprint density at radius 2 is 1.91 bits per heavy atom. The van der Waals surface area contributed by atoms with Gasteiger partial charge in [0.05, 0.1) is 0 Å². The summed E-state index contributed by atoms with van der Waals surface area (Å²) in [5.74, 6) is 0.0511. The van der Waals surface area contributed by atoms with E-state index in [1.54, 1.807) is 0 Å². The smallest absolute Gasteiger partial charge is 0.267 e. The second-order valence-corrected chi connectivity index (χ2v) is 5.72. The first kappa shape index (κ1) is 16.3. The van der Waals surface area contributed by atoms with Gasteiger partial charge in [0.25, 0.3) is 5.91 Å². The second-order valence-electron chi connectivity index (χ2n) is 5.72. The number of amides is 1. The maximum atomic E-state index is 12.4. The van der Waals surface area contributed by atoms with Gasteiger partial charge in [0.1, 0.15) is 5.69 Å². The van der Waals surface area contributed by atoms with Crippen molar-refractivity contribution >= 4 is 5.91 Å². The number of hydrogen-bond acceptors (Lipinski definition) is 2. The molecule has 0 radical (unpaired) electrons. The Kier molecular flexibility index (Phi) is 5.78. The third kappa shape index (κ3) is 3.98. The summed E-state index contributed by atoms with van der Waals surface area (Å²) in [7, 11) is 0. The van der Waals surface area contributed by atoms with Crippen LogP contribution in [-0.4, -0.2) is 28.7 Å². The van der Waals surface area contributed by atoms with Crippen LogP contribution in [0.25, 0.3) is 0 Å². The third-order valence-corrected chi connectivity index (χ3v) is 3.83. The molecule has 22 heavy (non-hydrogen) atoms. The van der Waals surface area contributed by atoms with E-state index in [4.69, 9.17) is 0 Å². The van der Waals surface area contributed by atoms with Crippen molar-refractivity contribution < 1.29 is 9.90 Å². The normalized spacial score (nSPS) is 12.4. The van der Waals surface area contributed by atoms with E-state index in [0.717, 1.165) is 5.56 Å². The van der Waals surface area contributed by atoms with Gasteiger partial charge in [-0.1, -0.05) is 30.3 Å². The molecule has 1 aromatic carbocycles. The monoisotopic (exact) mass is 300 g/mol. The van der Waals surface area contributed by atoms with Gasteiger partial charge in [-0.3, -0.25) is 4.79 Å². The van der Waals surface area contributed by atoms with Crippen LogP contribution in [0.3, 0.4) is 0 Å². The molecule has 1 aromatic heterocycles. The van der Waals surface area contributed by atoms with Crippen molar-refractivity contribution in [3.05, 3.63) is 59.9 Å². The van der Waals surface area contributed by atoms with Crippen LogP contribution in [0.5, 0.6) is 0 Å². The molecule has 0 spiro atoms. The molecule has 0 saturated carbocycles. The lowest BCUT2D eigenvalue weighted by Gasteiger charge is -2.18. The number of nitrogens with zero attached hydrogens (tertiary/aromatic N) is 1. The molecule has 1 amide bonds. The van der Waals surface area contributed by atoms with E-state index in [1.165, 1.54) is 0 Å². The molecule has 118 valence electrons. The topological polar surface area (TPSA) is 54.3 Å². The molecule has 2 rings (SSSR count). The number of benzene rings is 1. The van der Waals surface area contributed by atoms with E-state index < -0.39 is 0 Å². The Balaban J connectivity index is 2.03. The predicted molar refractivity (Wildman–Crippen MR) is 88.0 cm³/mol. The summed E-state index contributed by atoms with van der Waals surface area (Å²) in [6.07, 6.45) is 2.55. The summed E-state index contributed by atoms with van der Waals surface area (Å²) >= 11 is 0. The number of nitrogens with one attached hydrogen (secondary N) is 1. The molecule has 1 heterocycles. The van der Waals surface area contributed by atoms with Crippen molar-refractivity contribution in [3.63, 3.8) is 0 Å². The Hall–Kier alpha value is -2.07. The first-order valence-corrected chi connectivity index (χ1v) is 7.74. The third-order valence-electron chi connectivity index (χ3n) is 3.83. The summed E-state index contributed by atoms with van der Waals surface area (Å²) in [5, 5.41) is 12.2. The predicted octanol–water partition coefficient (Wildman–Crippen LogP) is 2.97. The van der Waals surface area contributed by atoms with Gasteiger partial charge >= 0.3 is 0 Å². The maximum Gasteiger partial charge on any atom is 0.267 e. The second kappa shape index (κ2) is 7.80. The molecule has 1 atom stereocenters. The number of carbonyl (C=O) groups excluding carboxylic acids is 1. The first-order chi connectivity index (χ1) is 10.6. The van der Waals surface area contributed by atoms with E-state index in [1.807, 2.05) is 53.2 Å². The van der Waals surface area contributed by atoms with Crippen LogP contribution in [0.4, 0.5) is 0 Å². The van der Waals surface area contributed by atoms with Gasteiger partial charge in [0, 0.05) is 31.3 Å². The lowest BCUT2D eigenvalue weighted by molar-refractivity contribution is 0.0938. The van der Waals surface area contributed by atoms with Crippen molar-refractivity contribution in [1.29, 1.82) is 0 Å². The Bertz CT molecular complexity index is 590. The van der Waals surface area contributed by atoms with Crippen LogP contribution in [0.15, 0.2) is 48.7 Å². The summed E-state index contributed by atoms with van der Waals surface area (Å²) in [5.41, 5.74) is 1.81. The van der Waals surface area contributed by atoms with Gasteiger partial charge in [0.15, 0.2) is 0 Å². The highest BCUT2D eigenvalue weighted by molar-refractivity contribution is 5.92. The summed E-state index contributed by atoms with van der Waals surface area (Å²) in [4.78, 5) is 12.4. The number of carbonyl (C=O) groups is 1. The molecule has 0 aliphatic heterocycles. The molecule has 1 unspecified atom stereocenters. The summed E-state index contributed by atoms with van der Waals surface area (Å²) < 4.78 is 1.96. The lowest BCUT2D eigenvalue weighted by Crippen LogP contribution is -2.30. The highest BCUT2D eigenvalue weighted by Crippen LogP contribution is 2.18. The van der Waals surface area contributed by atoms with Crippen molar-refractivity contribution in [2.24, 2.45) is 0 Å². The van der Waals surface area contributed by atoms with Crippen molar-refractivity contribution in [2.45, 2.75) is 32.2 Å². The maximum absolute atomic E-state index is 12.4. The molecular weight excluding hydrogens is 276 g/mol. The zero-order valence-electron chi connectivity index (χ0n) is 13.2. The van der Waals surface area contributed by atoms with Crippen LogP contribution in [-0.2, 0) is 0 Å². The van der Waals surface area contributed by atoms with E-state index in [9.17, 15) is 9.90 Å². The molecule has 2 N–H and O–H groups in total. The Morgan fingerprint density at radius 3 is 2.55 bits per heavy atom. The molecule has 0 saturated heterocycles. The van der Waals surface area contributed by atoms with Crippen molar-refractivity contribution in [3.8, 4) is 0 Å². The zero-order valence-corrected chi connectivity index (χ0v) is 13.2. The number of rotatable bonds is 7. The Labute approximate surface area is 131 Å². The quantitative estimate of drug-likeness (QED) is 0.826. The molecule has 0 bridgehead atoms. The van der Waals surface area contributed by atoms with Gasteiger partial charge in [0.2, 0.25) is 0 Å². The SMILES string of the molecule is CC(C)n1cccc1C(=O)NCC(CCO)c1ccccc1. The fraction of sp³-hybridized carbons (Fsp3) is 0.389. The highest BCUT2D eigenvalue weighted by atomic mass is 16.3. The minimum absolute atomic E-state index is 0.0717. The molecule has 0 aliphatic carbocycles. The van der Waals surface area contributed by atoms with Crippen LogP contribution in [0, 0.1) is 0 Å². The minimum Gasteiger partial charge on any atom is -0.396 e. The van der Waals surface area contributed by atoms with Crippen LogP contribution < -0.4 is 5.32 Å². The van der Waals surface area contributed by atoms with E-state index in [2.05, 4.69) is 19.2 Å². The highest BCUT2D eigenvalue weighted by Gasteiger charge is 2.16. The lowest BCUT2D eigenvalue weighted by atomic mass is 9.96. The fourth-order valence-electron chi connectivity index (χ4n) is 2.61. The van der Waals surface area contributed by atoms with Gasteiger partial charge in [-0.2, -0.15) is 0 Å². The van der Waals surface area contributed by atoms with Gasteiger partial charge in [-0.25, -0.2) is 0 Å². The number of hydrogen-bond donors (Lipinski definition) is 2. The van der Waals surface area contributed by atoms with Gasteiger partial charge < -0.3 is 15.0 Å². The van der Waals surface area contributed by atoms with Crippen molar-refractivity contribution in [2.75, 3.05) is 13.2 Å². The first-order valence-electron chi connectivity index (χ1n) is 7.74. The molecular formula is C18H24N2O2. The molecule has 2 aromatic rings. The minimum atomic E-state index is -0.0717. The van der Waals surface area contributed by atoms with E-state index >= 15 is 0 Å². The van der Waals surface area contributed by atoms with Crippen molar-refractivity contribution in [1.82, 2.24) is 9.88 Å². The standard InChI is InChI=1S/C18H24N2O2/c1-14(2)20-11-6-9-17(20)18(22)19-13-16(10-12-21)15-7-4-3-5-8-15/h3-9,11,14,16,21H,10,12-13H2,1-2H3,(H,19,22). The number of aliphatic hydroxyl groups excluding tert-OH is 1. The number of aromatic nitrogens is 1. The number of aliphatic hydroxyl groups is 1. The summed E-state index contributed by atoms with van der Waals surface area (Å²) in [6, 6.07) is 13.9. The Morgan fingerprint density at radius 1 is 1.18 bits per heavy atom. The van der Waals surface area contributed by atoms with Crippen LogP contribution in [0.1, 0.15) is 48.3 Å². The molecule has 4 heteroatoms. The average molecular weight is 300 g/mol. The van der Waals surface area contributed by atoms with Crippen LogP contribution >= 0.6 is 0 Å². The average Bonchev–Trinajstić information content (AvgIpc) is 3.02. The fourth-order valence-corrected chi connectivity index (χ4v) is 2.61. The molecule has 4 nitrogen and oxygen atoms in total. The van der Waals surface area contributed by atoms with Gasteiger partial charge in [-0.05, 0) is 38.0 Å². The van der Waals surface area contributed by atoms with E-state index in [-0.39, 0.29) is 24.5 Å². The van der Waals surface area contributed by atoms with E-state index in [0.29, 0.717) is 18.7 Å². The van der Waals surface area contributed by atoms with Gasteiger partial charge in [-0.15, -0.1) is 0 Å². The largest absolute Gasteiger partial charge is 0.396 e. The zero-order chi connectivity index (χ0) is 15.9. The van der Waals surface area contributed by atoms with Crippen LogP contribution in [0.2, 0.25) is 0 Å². The molecule has 0 aliphatic rings. The summed E-state index contributed by atoms with van der Waals surface area (Å²) in [6.45, 7) is 4.73. The molecule has 0 fully saturated rings.